The van der Waals surface area contributed by atoms with Gasteiger partial charge < -0.3 is 5.53 Å². The van der Waals surface area contributed by atoms with E-state index >= 15 is 0 Å². The van der Waals surface area contributed by atoms with Crippen molar-refractivity contribution in [3.8, 4) is 0 Å². The first-order valence-corrected chi connectivity index (χ1v) is 4.53. The average molecular weight is 182 g/mol. The van der Waals surface area contributed by atoms with Gasteiger partial charge in [0.25, 0.3) is 0 Å². The lowest BCUT2D eigenvalue weighted by Gasteiger charge is -2.08. The summed E-state index contributed by atoms with van der Waals surface area (Å²) in [5.74, 6) is 0.293. The van der Waals surface area contributed by atoms with Gasteiger partial charge in [-0.2, -0.15) is 4.79 Å². The van der Waals surface area contributed by atoms with Crippen LogP contribution in [0.15, 0.2) is 54.6 Å². The number of hydrogen-bond acceptors (Lipinski definition) is 0. The molecule has 2 nitrogen and oxygen atoms in total. The molecule has 1 aliphatic carbocycles. The number of rotatable bonds is 1. The van der Waals surface area contributed by atoms with Crippen molar-refractivity contribution in [2.75, 3.05) is 0 Å². The first kappa shape index (κ1) is 8.67. The minimum atomic E-state index is 0.293. The number of benzene rings is 1. The fourth-order valence-corrected chi connectivity index (χ4v) is 1.49. The molecule has 2 rings (SSSR count). The zero-order valence-corrected chi connectivity index (χ0v) is 7.67. The number of allylic oxidation sites excluding steroid dienone is 4. The molecule has 0 saturated carbocycles. The first-order chi connectivity index (χ1) is 6.90. The van der Waals surface area contributed by atoms with Gasteiger partial charge in [0, 0.05) is 18.1 Å². The molecule has 1 aromatic rings. The minimum Gasteiger partial charge on any atom is -0.361 e. The standard InChI is InChI=1S/C12H10N2/c13-14-12-8-6-11(7-9-12)10-4-2-1-3-5-10/h1-9,11H. The molecule has 0 heterocycles. The average Bonchev–Trinajstić information content (AvgIpc) is 2.30. The molecule has 2 heteroatoms. The summed E-state index contributed by atoms with van der Waals surface area (Å²) in [6.07, 6.45) is 7.67. The van der Waals surface area contributed by atoms with E-state index in [1.807, 2.05) is 42.5 Å². The van der Waals surface area contributed by atoms with E-state index in [0.29, 0.717) is 11.6 Å². The van der Waals surface area contributed by atoms with Crippen LogP contribution in [0.3, 0.4) is 0 Å². The molecule has 0 aromatic heterocycles. The summed E-state index contributed by atoms with van der Waals surface area (Å²) in [6.45, 7) is 0. The SMILES string of the molecule is [N-]=[N+]=C1C=CC(c2ccccc2)C=C1. The summed E-state index contributed by atoms with van der Waals surface area (Å²) >= 11 is 0. The number of nitrogens with zero attached hydrogens (tertiary/aromatic N) is 2. The van der Waals surface area contributed by atoms with Gasteiger partial charge in [0.1, 0.15) is 0 Å². The van der Waals surface area contributed by atoms with E-state index in [2.05, 4.69) is 16.9 Å². The van der Waals surface area contributed by atoms with Gasteiger partial charge in [-0.05, 0) is 5.56 Å². The molecule has 0 aliphatic heterocycles. The van der Waals surface area contributed by atoms with E-state index in [-0.39, 0.29) is 0 Å². The Kier molecular flexibility index (Phi) is 2.39. The second-order valence-electron chi connectivity index (χ2n) is 3.18. The van der Waals surface area contributed by atoms with Crippen LogP contribution in [0.25, 0.3) is 5.53 Å². The maximum absolute atomic E-state index is 8.53. The van der Waals surface area contributed by atoms with Crippen LogP contribution in [0.5, 0.6) is 0 Å². The van der Waals surface area contributed by atoms with Crippen molar-refractivity contribution < 1.29 is 4.79 Å². The topological polar surface area (TPSA) is 36.4 Å². The second-order valence-corrected chi connectivity index (χ2v) is 3.18. The normalized spacial score (nSPS) is 19.4. The Bertz CT molecular complexity index is 407. The molecule has 0 spiro atoms. The van der Waals surface area contributed by atoms with Gasteiger partial charge in [-0.15, -0.1) is 0 Å². The molecule has 0 N–H and O–H groups in total. The third-order valence-electron chi connectivity index (χ3n) is 2.25. The Balaban J connectivity index is 2.25. The lowest BCUT2D eigenvalue weighted by molar-refractivity contribution is -0.00163. The Morgan fingerprint density at radius 1 is 1.00 bits per heavy atom. The highest BCUT2D eigenvalue weighted by molar-refractivity contribution is 6.00. The van der Waals surface area contributed by atoms with Crippen molar-refractivity contribution in [3.63, 3.8) is 0 Å². The maximum Gasteiger partial charge on any atom is 0.314 e. The van der Waals surface area contributed by atoms with Crippen molar-refractivity contribution in [2.24, 2.45) is 0 Å². The zero-order valence-electron chi connectivity index (χ0n) is 7.67. The van der Waals surface area contributed by atoms with Gasteiger partial charge >= 0.3 is 5.71 Å². The molecular formula is C12H10N2. The van der Waals surface area contributed by atoms with E-state index in [1.165, 1.54) is 5.56 Å². The monoisotopic (exact) mass is 182 g/mol. The van der Waals surface area contributed by atoms with Gasteiger partial charge in [0.05, 0.1) is 0 Å². The molecule has 0 unspecified atom stereocenters. The Labute approximate surface area is 82.8 Å². The predicted octanol–water partition coefficient (Wildman–Crippen LogP) is 2.57. The van der Waals surface area contributed by atoms with Crippen molar-refractivity contribution in [1.82, 2.24) is 0 Å². The summed E-state index contributed by atoms with van der Waals surface area (Å²) in [5, 5.41) is 0. The summed E-state index contributed by atoms with van der Waals surface area (Å²) in [5.41, 5.74) is 10.4. The Hall–Kier alpha value is -1.92. The van der Waals surface area contributed by atoms with Crippen LogP contribution in [0.1, 0.15) is 11.5 Å². The van der Waals surface area contributed by atoms with Crippen molar-refractivity contribution in [2.45, 2.75) is 5.92 Å². The van der Waals surface area contributed by atoms with E-state index in [1.54, 1.807) is 0 Å². The zero-order chi connectivity index (χ0) is 9.80. The maximum atomic E-state index is 8.53. The fraction of sp³-hybridized carbons (Fsp3) is 0.0833. The van der Waals surface area contributed by atoms with Crippen LogP contribution < -0.4 is 0 Å². The van der Waals surface area contributed by atoms with Gasteiger partial charge in [0.2, 0.25) is 0 Å². The molecule has 0 radical (unpaired) electrons. The Morgan fingerprint density at radius 3 is 2.21 bits per heavy atom. The largest absolute Gasteiger partial charge is 0.361 e. The highest BCUT2D eigenvalue weighted by Crippen LogP contribution is 2.20. The third-order valence-corrected chi connectivity index (χ3v) is 2.25. The fourth-order valence-electron chi connectivity index (χ4n) is 1.49. The van der Waals surface area contributed by atoms with E-state index in [9.17, 15) is 0 Å². The van der Waals surface area contributed by atoms with Crippen molar-refractivity contribution in [1.29, 1.82) is 0 Å². The summed E-state index contributed by atoms with van der Waals surface area (Å²) < 4.78 is 0. The first-order valence-electron chi connectivity index (χ1n) is 4.53. The van der Waals surface area contributed by atoms with E-state index < -0.39 is 0 Å². The number of hydrogen-bond donors (Lipinski definition) is 0. The molecule has 68 valence electrons. The quantitative estimate of drug-likeness (QED) is 0.473. The van der Waals surface area contributed by atoms with E-state index in [0.717, 1.165) is 0 Å². The molecule has 0 atom stereocenters. The van der Waals surface area contributed by atoms with Crippen LogP contribution in [-0.2, 0) is 0 Å². The smallest absolute Gasteiger partial charge is 0.314 e. The van der Waals surface area contributed by atoms with Gasteiger partial charge in [-0.25, -0.2) is 0 Å². The summed E-state index contributed by atoms with van der Waals surface area (Å²) in [6, 6.07) is 10.2. The highest BCUT2D eigenvalue weighted by Gasteiger charge is 2.10. The lowest BCUT2D eigenvalue weighted by Crippen LogP contribution is -2.00. The molecule has 0 fully saturated rings. The van der Waals surface area contributed by atoms with Crippen molar-refractivity contribution >= 4 is 5.71 Å². The van der Waals surface area contributed by atoms with Gasteiger partial charge in [-0.3, -0.25) is 0 Å². The van der Waals surface area contributed by atoms with Gasteiger partial charge in [-0.1, -0.05) is 42.5 Å². The van der Waals surface area contributed by atoms with Crippen LogP contribution in [-0.4, -0.2) is 10.5 Å². The lowest BCUT2D eigenvalue weighted by atomic mass is 9.94. The van der Waals surface area contributed by atoms with Crippen LogP contribution >= 0.6 is 0 Å². The molecule has 0 bridgehead atoms. The molecule has 0 amide bonds. The third kappa shape index (κ3) is 1.70. The molecular weight excluding hydrogens is 172 g/mol. The van der Waals surface area contributed by atoms with E-state index in [4.69, 9.17) is 5.53 Å². The predicted molar refractivity (Wildman–Crippen MR) is 56.1 cm³/mol. The summed E-state index contributed by atoms with van der Waals surface area (Å²) in [7, 11) is 0. The summed E-state index contributed by atoms with van der Waals surface area (Å²) in [4.78, 5) is 3.12. The van der Waals surface area contributed by atoms with Crippen LogP contribution in [0.4, 0.5) is 0 Å². The molecule has 1 aromatic carbocycles. The minimum absolute atomic E-state index is 0.293. The molecule has 0 saturated heterocycles. The highest BCUT2D eigenvalue weighted by atomic mass is 14.8. The molecule has 14 heavy (non-hydrogen) atoms. The second kappa shape index (κ2) is 3.86. The molecule has 1 aliphatic rings. The van der Waals surface area contributed by atoms with Gasteiger partial charge in [0.15, 0.2) is 0 Å². The van der Waals surface area contributed by atoms with Crippen molar-refractivity contribution in [3.05, 3.63) is 65.7 Å². The van der Waals surface area contributed by atoms with Crippen LogP contribution in [0.2, 0.25) is 0 Å². The Morgan fingerprint density at radius 2 is 1.64 bits per heavy atom. The van der Waals surface area contributed by atoms with Crippen LogP contribution in [0, 0.1) is 0 Å².